The van der Waals surface area contributed by atoms with Crippen LogP contribution in [0.1, 0.15) is 25.0 Å². The molecule has 0 aliphatic heterocycles. The molecule has 140 valence electrons. The van der Waals surface area contributed by atoms with Gasteiger partial charge in [0.1, 0.15) is 4.99 Å². The molecule has 0 aromatic heterocycles. The zero-order valence-electron chi connectivity index (χ0n) is 15.5. The minimum Gasteiger partial charge on any atom is -0.399 e. The Morgan fingerprint density at radius 3 is 2.23 bits per heavy atom. The van der Waals surface area contributed by atoms with E-state index in [0.717, 1.165) is 17.7 Å². The van der Waals surface area contributed by atoms with E-state index < -0.39 is 6.10 Å². The summed E-state index contributed by atoms with van der Waals surface area (Å²) >= 11 is 5.67. The van der Waals surface area contributed by atoms with Crippen molar-refractivity contribution in [2.45, 2.75) is 32.4 Å². The number of anilines is 1. The molecule has 0 bridgehead atoms. The first-order valence-electron chi connectivity index (χ1n) is 8.99. The van der Waals surface area contributed by atoms with Crippen LogP contribution in [0.5, 0.6) is 0 Å². The lowest BCUT2D eigenvalue weighted by atomic mass is 10.0. The fourth-order valence-electron chi connectivity index (χ4n) is 2.87. The standard InChI is InChI=1S/C21H29N3OS/c1-15(2)13-24(21(26)17-8-10-18(22)11-9-17)14-20(25)19(23)12-16-6-4-3-5-7-16/h3-11,15,19-20,25H,12-14,22-23H2,1-2H3/t19-,20+/m0/s1. The van der Waals surface area contributed by atoms with E-state index in [1.54, 1.807) is 0 Å². The van der Waals surface area contributed by atoms with Crippen molar-refractivity contribution in [1.82, 2.24) is 4.90 Å². The third-order valence-corrected chi connectivity index (χ3v) is 4.74. The van der Waals surface area contributed by atoms with Gasteiger partial charge >= 0.3 is 0 Å². The summed E-state index contributed by atoms with van der Waals surface area (Å²) in [5.41, 5.74) is 14.8. The van der Waals surface area contributed by atoms with Gasteiger partial charge in [0.15, 0.2) is 0 Å². The van der Waals surface area contributed by atoms with Crippen LogP contribution in [0.3, 0.4) is 0 Å². The molecule has 2 aromatic rings. The van der Waals surface area contributed by atoms with E-state index in [-0.39, 0.29) is 6.04 Å². The first-order valence-corrected chi connectivity index (χ1v) is 9.40. The lowest BCUT2D eigenvalue weighted by molar-refractivity contribution is 0.113. The normalized spacial score (nSPS) is 13.4. The highest BCUT2D eigenvalue weighted by molar-refractivity contribution is 7.80. The van der Waals surface area contributed by atoms with Crippen molar-refractivity contribution < 1.29 is 5.11 Å². The van der Waals surface area contributed by atoms with Gasteiger partial charge < -0.3 is 21.5 Å². The number of nitrogen functional groups attached to an aromatic ring is 1. The Bertz CT molecular complexity index is 688. The van der Waals surface area contributed by atoms with E-state index >= 15 is 0 Å². The highest BCUT2D eigenvalue weighted by Gasteiger charge is 2.22. The summed E-state index contributed by atoms with van der Waals surface area (Å²) in [5, 5.41) is 10.7. The highest BCUT2D eigenvalue weighted by Crippen LogP contribution is 2.14. The number of hydrogen-bond donors (Lipinski definition) is 3. The van der Waals surface area contributed by atoms with Crippen molar-refractivity contribution in [2.24, 2.45) is 11.7 Å². The molecule has 0 fully saturated rings. The molecule has 0 saturated carbocycles. The first kappa shape index (κ1) is 20.4. The van der Waals surface area contributed by atoms with Gasteiger partial charge in [0.25, 0.3) is 0 Å². The Morgan fingerprint density at radius 1 is 1.04 bits per heavy atom. The van der Waals surface area contributed by atoms with E-state index in [1.165, 1.54) is 0 Å². The third-order valence-electron chi connectivity index (χ3n) is 4.25. The predicted molar refractivity (Wildman–Crippen MR) is 113 cm³/mol. The smallest absolute Gasteiger partial charge is 0.109 e. The summed E-state index contributed by atoms with van der Waals surface area (Å²) in [5.74, 6) is 0.416. The molecular formula is C21H29N3OS. The average Bonchev–Trinajstić information content (AvgIpc) is 2.61. The second-order valence-corrected chi connectivity index (χ2v) is 7.53. The van der Waals surface area contributed by atoms with Crippen LogP contribution in [0, 0.1) is 5.92 Å². The molecule has 0 saturated heterocycles. The topological polar surface area (TPSA) is 75.5 Å². The molecule has 0 aliphatic carbocycles. The Hall–Kier alpha value is -1.95. The lowest BCUT2D eigenvalue weighted by Gasteiger charge is -2.31. The maximum Gasteiger partial charge on any atom is 0.109 e. The zero-order valence-corrected chi connectivity index (χ0v) is 16.3. The molecule has 2 rings (SSSR count). The molecule has 5 N–H and O–H groups in total. The monoisotopic (exact) mass is 371 g/mol. The number of thiocarbonyl (C=S) groups is 1. The lowest BCUT2D eigenvalue weighted by Crippen LogP contribution is -2.47. The van der Waals surface area contributed by atoms with Gasteiger partial charge in [0, 0.05) is 30.4 Å². The predicted octanol–water partition coefficient (Wildman–Crippen LogP) is 2.83. The van der Waals surface area contributed by atoms with E-state index in [4.69, 9.17) is 23.7 Å². The summed E-state index contributed by atoms with van der Waals surface area (Å²) < 4.78 is 0. The minimum absolute atomic E-state index is 0.346. The Kier molecular flexibility index (Phi) is 7.57. The van der Waals surface area contributed by atoms with Gasteiger partial charge in [-0.15, -0.1) is 0 Å². The van der Waals surface area contributed by atoms with Gasteiger partial charge in [-0.05, 0) is 42.2 Å². The van der Waals surface area contributed by atoms with Gasteiger partial charge in [-0.3, -0.25) is 0 Å². The Morgan fingerprint density at radius 2 is 1.65 bits per heavy atom. The van der Waals surface area contributed by atoms with Gasteiger partial charge in [0.05, 0.1) is 6.10 Å². The van der Waals surface area contributed by atoms with E-state index in [9.17, 15) is 5.11 Å². The summed E-state index contributed by atoms with van der Waals surface area (Å²) in [6, 6.07) is 17.2. The number of benzene rings is 2. The van der Waals surface area contributed by atoms with Crippen LogP contribution >= 0.6 is 12.2 Å². The van der Waals surface area contributed by atoms with E-state index in [1.807, 2.05) is 59.5 Å². The van der Waals surface area contributed by atoms with Crippen LogP contribution in [0.25, 0.3) is 0 Å². The summed E-state index contributed by atoms with van der Waals surface area (Å²) in [6.45, 7) is 5.44. The first-order chi connectivity index (χ1) is 12.4. The molecule has 5 heteroatoms. The van der Waals surface area contributed by atoms with Crippen molar-refractivity contribution >= 4 is 22.9 Å². The SMILES string of the molecule is CC(C)CN(C[C@@H](O)[C@@H](N)Cc1ccccc1)C(=S)c1ccc(N)cc1. The van der Waals surface area contributed by atoms with E-state index in [2.05, 4.69) is 13.8 Å². The zero-order chi connectivity index (χ0) is 19.1. The van der Waals surface area contributed by atoms with Crippen LogP contribution in [-0.4, -0.2) is 40.2 Å². The number of hydrogen-bond acceptors (Lipinski definition) is 4. The number of aliphatic hydroxyl groups excluding tert-OH is 1. The number of aliphatic hydroxyl groups is 1. The van der Waals surface area contributed by atoms with Gasteiger partial charge in [-0.1, -0.05) is 56.4 Å². The minimum atomic E-state index is -0.666. The molecule has 0 spiro atoms. The number of rotatable bonds is 8. The number of nitrogens with two attached hydrogens (primary N) is 2. The van der Waals surface area contributed by atoms with Crippen molar-refractivity contribution in [3.05, 3.63) is 65.7 Å². The average molecular weight is 372 g/mol. The molecule has 0 amide bonds. The summed E-state index contributed by atoms with van der Waals surface area (Å²) in [7, 11) is 0. The highest BCUT2D eigenvalue weighted by atomic mass is 32.1. The second-order valence-electron chi connectivity index (χ2n) is 7.15. The second kappa shape index (κ2) is 9.67. The third kappa shape index (κ3) is 6.09. The van der Waals surface area contributed by atoms with Crippen molar-refractivity contribution in [3.63, 3.8) is 0 Å². The fraction of sp³-hybridized carbons (Fsp3) is 0.381. The molecule has 0 aliphatic rings. The van der Waals surface area contributed by atoms with Crippen LogP contribution in [0.2, 0.25) is 0 Å². The molecule has 2 aromatic carbocycles. The quantitative estimate of drug-likeness (QED) is 0.491. The maximum atomic E-state index is 10.7. The van der Waals surface area contributed by atoms with Crippen LogP contribution in [0.4, 0.5) is 5.69 Å². The maximum absolute atomic E-state index is 10.7. The molecule has 2 atom stereocenters. The Balaban J connectivity index is 2.06. The largest absolute Gasteiger partial charge is 0.399 e. The van der Waals surface area contributed by atoms with Gasteiger partial charge in [-0.2, -0.15) is 0 Å². The fourth-order valence-corrected chi connectivity index (χ4v) is 3.16. The van der Waals surface area contributed by atoms with Gasteiger partial charge in [-0.25, -0.2) is 0 Å². The summed E-state index contributed by atoms with van der Waals surface area (Å²) in [6.07, 6.45) is -0.0349. The van der Waals surface area contributed by atoms with Crippen molar-refractivity contribution in [3.8, 4) is 0 Å². The van der Waals surface area contributed by atoms with Crippen LogP contribution in [0.15, 0.2) is 54.6 Å². The molecule has 4 nitrogen and oxygen atoms in total. The molecule has 0 unspecified atom stereocenters. The van der Waals surface area contributed by atoms with Gasteiger partial charge in [0.2, 0.25) is 0 Å². The molecule has 0 heterocycles. The summed E-state index contributed by atoms with van der Waals surface area (Å²) in [4.78, 5) is 2.76. The van der Waals surface area contributed by atoms with E-state index in [0.29, 0.717) is 29.6 Å². The number of nitrogens with zero attached hydrogens (tertiary/aromatic N) is 1. The van der Waals surface area contributed by atoms with Crippen LogP contribution < -0.4 is 11.5 Å². The molecule has 26 heavy (non-hydrogen) atoms. The van der Waals surface area contributed by atoms with Crippen LogP contribution in [-0.2, 0) is 6.42 Å². The van der Waals surface area contributed by atoms with Crippen molar-refractivity contribution in [2.75, 3.05) is 18.8 Å². The molecule has 0 radical (unpaired) electrons. The Labute approximate surface area is 161 Å². The molecular weight excluding hydrogens is 342 g/mol. The van der Waals surface area contributed by atoms with Crippen molar-refractivity contribution in [1.29, 1.82) is 0 Å².